The number of thiazole rings is 1. The Morgan fingerprint density at radius 1 is 1.47 bits per heavy atom. The van der Waals surface area contributed by atoms with Crippen molar-refractivity contribution in [2.75, 3.05) is 0 Å². The van der Waals surface area contributed by atoms with Gasteiger partial charge in [-0.1, -0.05) is 27.5 Å². The summed E-state index contributed by atoms with van der Waals surface area (Å²) in [6.07, 6.45) is 1.79. The molecule has 78 valence electrons. The van der Waals surface area contributed by atoms with Gasteiger partial charge >= 0.3 is 0 Å². The Hall–Kier alpha value is -0.420. The second-order valence-electron chi connectivity index (χ2n) is 2.96. The molecule has 2 rings (SSSR count). The minimum atomic E-state index is 0.520. The van der Waals surface area contributed by atoms with Crippen molar-refractivity contribution in [3.8, 4) is 10.6 Å². The third kappa shape index (κ3) is 2.39. The maximum Gasteiger partial charge on any atom is 0.125 e. The largest absolute Gasteiger partial charge is 0.326 e. The van der Waals surface area contributed by atoms with Crippen LogP contribution in [0.1, 0.15) is 4.88 Å². The molecule has 15 heavy (non-hydrogen) atoms. The lowest BCUT2D eigenvalue weighted by Gasteiger charge is -2.00. The second kappa shape index (κ2) is 4.61. The highest BCUT2D eigenvalue weighted by atomic mass is 79.9. The standard InChI is InChI=1S/C10H8BrClN2S/c11-6-1-2-8(9(12)3-6)10-14-5-7(4-13)15-10/h1-3,5H,4,13H2. The second-order valence-corrected chi connectivity index (χ2v) is 5.40. The summed E-state index contributed by atoms with van der Waals surface area (Å²) in [4.78, 5) is 5.35. The molecule has 0 aliphatic rings. The van der Waals surface area contributed by atoms with Crippen LogP contribution in [0.15, 0.2) is 28.9 Å². The molecule has 0 aliphatic carbocycles. The smallest absolute Gasteiger partial charge is 0.125 e. The number of nitrogens with zero attached hydrogens (tertiary/aromatic N) is 1. The summed E-state index contributed by atoms with van der Waals surface area (Å²) in [7, 11) is 0. The molecule has 0 spiro atoms. The predicted molar refractivity (Wildman–Crippen MR) is 68.2 cm³/mol. The first-order valence-corrected chi connectivity index (χ1v) is 6.29. The van der Waals surface area contributed by atoms with E-state index in [-0.39, 0.29) is 0 Å². The Kier molecular flexibility index (Phi) is 3.41. The van der Waals surface area contributed by atoms with Crippen LogP contribution in [0.5, 0.6) is 0 Å². The number of aromatic nitrogens is 1. The zero-order chi connectivity index (χ0) is 10.8. The van der Waals surface area contributed by atoms with Gasteiger partial charge in [-0.25, -0.2) is 4.98 Å². The average Bonchev–Trinajstić information content (AvgIpc) is 2.66. The predicted octanol–water partition coefficient (Wildman–Crippen LogP) is 3.68. The molecule has 0 amide bonds. The number of hydrogen-bond donors (Lipinski definition) is 1. The quantitative estimate of drug-likeness (QED) is 0.919. The zero-order valence-electron chi connectivity index (χ0n) is 7.71. The maximum atomic E-state index is 6.12. The minimum absolute atomic E-state index is 0.520. The van der Waals surface area contributed by atoms with Gasteiger partial charge in [-0.05, 0) is 18.2 Å². The van der Waals surface area contributed by atoms with Gasteiger partial charge in [0.05, 0.1) is 5.02 Å². The molecule has 2 nitrogen and oxygen atoms in total. The van der Waals surface area contributed by atoms with E-state index in [2.05, 4.69) is 20.9 Å². The fourth-order valence-electron chi connectivity index (χ4n) is 1.19. The lowest BCUT2D eigenvalue weighted by molar-refractivity contribution is 1.10. The van der Waals surface area contributed by atoms with Crippen molar-refractivity contribution in [1.82, 2.24) is 4.98 Å². The van der Waals surface area contributed by atoms with Crippen molar-refractivity contribution < 1.29 is 0 Å². The lowest BCUT2D eigenvalue weighted by atomic mass is 10.2. The Balaban J connectivity index is 2.44. The molecule has 0 saturated heterocycles. The van der Waals surface area contributed by atoms with E-state index < -0.39 is 0 Å². The normalized spacial score (nSPS) is 10.6. The number of hydrogen-bond acceptors (Lipinski definition) is 3. The summed E-state index contributed by atoms with van der Waals surface area (Å²) < 4.78 is 0.965. The molecule has 5 heteroatoms. The molecule has 2 N–H and O–H groups in total. The van der Waals surface area contributed by atoms with E-state index in [0.29, 0.717) is 11.6 Å². The van der Waals surface area contributed by atoms with Gasteiger partial charge in [-0.15, -0.1) is 11.3 Å². The van der Waals surface area contributed by atoms with Crippen molar-refractivity contribution in [2.45, 2.75) is 6.54 Å². The van der Waals surface area contributed by atoms with E-state index in [1.54, 1.807) is 17.5 Å². The van der Waals surface area contributed by atoms with E-state index in [1.165, 1.54) is 0 Å². The van der Waals surface area contributed by atoms with Crippen LogP contribution >= 0.6 is 38.9 Å². The fraction of sp³-hybridized carbons (Fsp3) is 0.100. The van der Waals surface area contributed by atoms with E-state index in [1.807, 2.05) is 18.2 Å². The number of nitrogens with two attached hydrogens (primary N) is 1. The van der Waals surface area contributed by atoms with Gasteiger partial charge in [0.25, 0.3) is 0 Å². The molecule has 0 aliphatic heterocycles. The van der Waals surface area contributed by atoms with Crippen LogP contribution in [0, 0.1) is 0 Å². The van der Waals surface area contributed by atoms with Crippen LogP contribution in [0.2, 0.25) is 5.02 Å². The summed E-state index contributed by atoms with van der Waals surface area (Å²) in [5, 5.41) is 1.61. The first-order valence-electron chi connectivity index (χ1n) is 4.31. The summed E-state index contributed by atoms with van der Waals surface area (Å²) in [5.74, 6) is 0. The number of benzene rings is 1. The van der Waals surface area contributed by atoms with Crippen molar-refractivity contribution in [3.63, 3.8) is 0 Å². The third-order valence-electron chi connectivity index (χ3n) is 1.92. The van der Waals surface area contributed by atoms with Crippen LogP contribution in [-0.4, -0.2) is 4.98 Å². The van der Waals surface area contributed by atoms with Crippen LogP contribution in [0.3, 0.4) is 0 Å². The number of halogens is 2. The van der Waals surface area contributed by atoms with Crippen LogP contribution in [0.25, 0.3) is 10.6 Å². The van der Waals surface area contributed by atoms with E-state index in [4.69, 9.17) is 17.3 Å². The molecule has 1 heterocycles. The molecule has 0 unspecified atom stereocenters. The van der Waals surface area contributed by atoms with Crippen LogP contribution < -0.4 is 5.73 Å². The molecule has 0 radical (unpaired) electrons. The van der Waals surface area contributed by atoms with Crippen LogP contribution in [-0.2, 0) is 6.54 Å². The number of rotatable bonds is 2. The van der Waals surface area contributed by atoms with Gasteiger partial charge in [0.1, 0.15) is 5.01 Å². The van der Waals surface area contributed by atoms with Gasteiger partial charge in [0.15, 0.2) is 0 Å². The monoisotopic (exact) mass is 302 g/mol. The Labute approximate surface area is 105 Å². The summed E-state index contributed by atoms with van der Waals surface area (Å²) in [6.45, 7) is 0.520. The first-order chi connectivity index (χ1) is 7.20. The molecule has 0 bridgehead atoms. The highest BCUT2D eigenvalue weighted by molar-refractivity contribution is 9.10. The highest BCUT2D eigenvalue weighted by Gasteiger charge is 2.08. The molecule has 0 saturated carbocycles. The molecule has 1 aromatic carbocycles. The molecule has 0 atom stereocenters. The average molecular weight is 304 g/mol. The van der Waals surface area contributed by atoms with Crippen molar-refractivity contribution in [2.24, 2.45) is 5.73 Å². The zero-order valence-corrected chi connectivity index (χ0v) is 10.9. The molecule has 0 fully saturated rings. The van der Waals surface area contributed by atoms with Gasteiger partial charge in [0, 0.05) is 27.7 Å². The fourth-order valence-corrected chi connectivity index (χ4v) is 2.84. The van der Waals surface area contributed by atoms with E-state index >= 15 is 0 Å². The summed E-state index contributed by atoms with van der Waals surface area (Å²) in [5.41, 5.74) is 6.48. The molecule has 1 aromatic heterocycles. The highest BCUT2D eigenvalue weighted by Crippen LogP contribution is 2.32. The topological polar surface area (TPSA) is 38.9 Å². The Morgan fingerprint density at radius 2 is 2.27 bits per heavy atom. The van der Waals surface area contributed by atoms with Crippen molar-refractivity contribution in [1.29, 1.82) is 0 Å². The summed E-state index contributed by atoms with van der Waals surface area (Å²) in [6, 6.07) is 5.76. The Morgan fingerprint density at radius 3 is 2.87 bits per heavy atom. The summed E-state index contributed by atoms with van der Waals surface area (Å²) >= 11 is 11.1. The molecular formula is C10H8BrClN2S. The first kappa shape index (κ1) is 11.1. The molecular weight excluding hydrogens is 296 g/mol. The third-order valence-corrected chi connectivity index (χ3v) is 3.78. The maximum absolute atomic E-state index is 6.12. The SMILES string of the molecule is NCc1cnc(-c2ccc(Br)cc2Cl)s1. The lowest BCUT2D eigenvalue weighted by Crippen LogP contribution is -1.91. The van der Waals surface area contributed by atoms with Crippen molar-refractivity contribution in [3.05, 3.63) is 38.8 Å². The van der Waals surface area contributed by atoms with Gasteiger partial charge in [0.2, 0.25) is 0 Å². The van der Waals surface area contributed by atoms with E-state index in [9.17, 15) is 0 Å². The van der Waals surface area contributed by atoms with Crippen LogP contribution in [0.4, 0.5) is 0 Å². The van der Waals surface area contributed by atoms with E-state index in [0.717, 1.165) is 19.9 Å². The van der Waals surface area contributed by atoms with Crippen molar-refractivity contribution >= 4 is 38.9 Å². The van der Waals surface area contributed by atoms with Gasteiger partial charge in [-0.3, -0.25) is 0 Å². The Bertz CT molecular complexity index is 484. The van der Waals surface area contributed by atoms with Gasteiger partial charge in [-0.2, -0.15) is 0 Å². The minimum Gasteiger partial charge on any atom is -0.326 e. The van der Waals surface area contributed by atoms with Gasteiger partial charge < -0.3 is 5.73 Å². The molecule has 2 aromatic rings.